The van der Waals surface area contributed by atoms with Crippen molar-refractivity contribution in [2.24, 2.45) is 51.8 Å². The van der Waals surface area contributed by atoms with Gasteiger partial charge in [0.2, 0.25) is 5.91 Å². The Labute approximate surface area is 177 Å². The third kappa shape index (κ3) is 2.37. The largest absolute Gasteiger partial charge is 0.353 e. The Bertz CT molecular complexity index is 730. The lowest BCUT2D eigenvalue weighted by Gasteiger charge is -2.56. The van der Waals surface area contributed by atoms with Crippen molar-refractivity contribution in [3.63, 3.8) is 0 Å². The molecule has 9 atom stereocenters. The molecule has 3 heteroatoms. The van der Waals surface area contributed by atoms with E-state index in [0.717, 1.165) is 31.1 Å². The van der Waals surface area contributed by atoms with Crippen molar-refractivity contribution in [2.45, 2.75) is 98.4 Å². The summed E-state index contributed by atoms with van der Waals surface area (Å²) in [5.41, 5.74) is 0.563. The van der Waals surface area contributed by atoms with Gasteiger partial charge in [-0.2, -0.15) is 0 Å². The molecule has 0 radical (unpaired) electrons. The third-order valence-corrected chi connectivity index (χ3v) is 11.1. The highest BCUT2D eigenvalue weighted by Crippen LogP contribution is 2.84. The first-order valence-corrected chi connectivity index (χ1v) is 12.5. The number of carbonyl (C=O) groups is 2. The van der Waals surface area contributed by atoms with E-state index < -0.39 is 0 Å². The number of Topliss-reactive ketones (excluding diaryl/α,β-unsaturated/α-hetero) is 1. The summed E-state index contributed by atoms with van der Waals surface area (Å²) in [6.07, 6.45) is 10.7. The molecule has 5 aliphatic carbocycles. The van der Waals surface area contributed by atoms with Crippen LogP contribution in [0.4, 0.5) is 0 Å². The molecular weight excluding hydrogens is 358 g/mol. The van der Waals surface area contributed by atoms with E-state index in [1.54, 1.807) is 0 Å². The minimum Gasteiger partial charge on any atom is -0.353 e. The number of fused-ring (bicyclic) bond motifs is 2. The summed E-state index contributed by atoms with van der Waals surface area (Å²) in [4.78, 5) is 26.2. The fourth-order valence-corrected chi connectivity index (χ4v) is 9.65. The zero-order valence-electron chi connectivity index (χ0n) is 19.2. The summed E-state index contributed by atoms with van der Waals surface area (Å²) in [5, 5.41) is 3.35. The minimum absolute atomic E-state index is 0.0179. The van der Waals surface area contributed by atoms with E-state index in [1.165, 1.54) is 38.5 Å². The van der Waals surface area contributed by atoms with Crippen LogP contribution in [-0.4, -0.2) is 17.7 Å². The minimum atomic E-state index is 0.0179. The molecule has 5 aliphatic rings. The molecule has 0 heterocycles. The summed E-state index contributed by atoms with van der Waals surface area (Å²) < 4.78 is 0. The Balaban J connectivity index is 1.41. The van der Waals surface area contributed by atoms with Crippen molar-refractivity contribution in [1.82, 2.24) is 5.32 Å². The van der Waals surface area contributed by atoms with Gasteiger partial charge >= 0.3 is 0 Å². The number of hydrogen-bond donors (Lipinski definition) is 1. The monoisotopic (exact) mass is 399 g/mol. The number of rotatable bonds is 3. The molecule has 1 amide bonds. The summed E-state index contributed by atoms with van der Waals surface area (Å²) in [7, 11) is 0. The Morgan fingerprint density at radius 3 is 2.48 bits per heavy atom. The summed E-state index contributed by atoms with van der Waals surface area (Å²) in [6, 6.07) is 0.301. The molecule has 5 saturated carbocycles. The second kappa shape index (κ2) is 6.33. The van der Waals surface area contributed by atoms with Gasteiger partial charge < -0.3 is 5.32 Å². The van der Waals surface area contributed by atoms with E-state index >= 15 is 0 Å². The second-order valence-corrected chi connectivity index (χ2v) is 12.2. The molecule has 5 fully saturated rings. The van der Waals surface area contributed by atoms with Crippen LogP contribution in [0.2, 0.25) is 0 Å². The summed E-state index contributed by atoms with van der Waals surface area (Å²) in [6.45, 7) is 11.1. The fraction of sp³-hybridized carbons (Fsp3) is 0.923. The zero-order valence-corrected chi connectivity index (χ0v) is 19.2. The standard InChI is InChI=1S/C26H41NO2/c1-6-17-7-8-19-20-10-9-18-16(4)21(27-23(29)15(2)3)11-12-25(18)14-26(20,25)22(28)13-24(17,19)5/h15-21H,6-14H2,1-5H3,(H,27,29)/t16?,17?,18?,19?,20?,21?,24?,25-,26?/m1/s1. The van der Waals surface area contributed by atoms with E-state index in [2.05, 4.69) is 26.1 Å². The maximum absolute atomic E-state index is 13.8. The first-order chi connectivity index (χ1) is 13.7. The van der Waals surface area contributed by atoms with Gasteiger partial charge in [0.15, 0.2) is 0 Å². The molecule has 0 aromatic heterocycles. The van der Waals surface area contributed by atoms with Gasteiger partial charge in [0.1, 0.15) is 5.78 Å². The molecule has 0 aliphatic heterocycles. The van der Waals surface area contributed by atoms with Crippen LogP contribution < -0.4 is 5.32 Å². The van der Waals surface area contributed by atoms with Crippen LogP contribution in [-0.2, 0) is 9.59 Å². The fourth-order valence-electron chi connectivity index (χ4n) is 9.65. The molecule has 0 bridgehead atoms. The van der Waals surface area contributed by atoms with Crippen LogP contribution in [0.3, 0.4) is 0 Å². The zero-order chi connectivity index (χ0) is 20.8. The predicted molar refractivity (Wildman–Crippen MR) is 115 cm³/mol. The van der Waals surface area contributed by atoms with Crippen LogP contribution in [0.15, 0.2) is 0 Å². The van der Waals surface area contributed by atoms with Crippen molar-refractivity contribution in [3.05, 3.63) is 0 Å². The maximum atomic E-state index is 13.8. The SMILES string of the molecule is CCC1CCC2C3CCC4C(C)C(NC(=O)C(C)C)CC[C@@]45CC35C(=O)CC12C. The quantitative estimate of drug-likeness (QED) is 0.693. The number of ketones is 1. The summed E-state index contributed by atoms with van der Waals surface area (Å²) in [5.74, 6) is 4.19. The van der Waals surface area contributed by atoms with Gasteiger partial charge in [-0.1, -0.05) is 41.0 Å². The van der Waals surface area contributed by atoms with Crippen molar-refractivity contribution in [1.29, 1.82) is 0 Å². The molecule has 0 aromatic rings. The Morgan fingerprint density at radius 1 is 1.10 bits per heavy atom. The average Bonchev–Trinajstić information content (AvgIpc) is 3.26. The van der Waals surface area contributed by atoms with Gasteiger partial charge in [-0.15, -0.1) is 0 Å². The van der Waals surface area contributed by atoms with Gasteiger partial charge in [0.25, 0.3) is 0 Å². The number of nitrogens with one attached hydrogen (secondary N) is 1. The highest BCUT2D eigenvalue weighted by Gasteiger charge is 2.82. The lowest BCUT2D eigenvalue weighted by atomic mass is 9.48. The lowest BCUT2D eigenvalue weighted by molar-refractivity contribution is -0.150. The third-order valence-electron chi connectivity index (χ3n) is 11.1. The molecule has 3 nitrogen and oxygen atoms in total. The molecule has 0 aromatic carbocycles. The first-order valence-electron chi connectivity index (χ1n) is 12.5. The van der Waals surface area contributed by atoms with Gasteiger partial charge in [-0.05, 0) is 85.4 Å². The van der Waals surface area contributed by atoms with Crippen LogP contribution >= 0.6 is 0 Å². The maximum Gasteiger partial charge on any atom is 0.222 e. The van der Waals surface area contributed by atoms with Crippen molar-refractivity contribution < 1.29 is 9.59 Å². The Morgan fingerprint density at radius 2 is 1.79 bits per heavy atom. The Hall–Kier alpha value is -0.860. The van der Waals surface area contributed by atoms with Gasteiger partial charge in [-0.25, -0.2) is 0 Å². The average molecular weight is 400 g/mol. The highest BCUT2D eigenvalue weighted by molar-refractivity contribution is 5.91. The van der Waals surface area contributed by atoms with Gasteiger partial charge in [-0.3, -0.25) is 9.59 Å². The Kier molecular flexibility index (Phi) is 4.38. The molecule has 162 valence electrons. The summed E-state index contributed by atoms with van der Waals surface area (Å²) >= 11 is 0. The van der Waals surface area contributed by atoms with Crippen LogP contribution in [0.5, 0.6) is 0 Å². The molecule has 29 heavy (non-hydrogen) atoms. The lowest BCUT2D eigenvalue weighted by Crippen LogP contribution is -2.56. The van der Waals surface area contributed by atoms with Crippen molar-refractivity contribution in [3.8, 4) is 0 Å². The van der Waals surface area contributed by atoms with Gasteiger partial charge in [0.05, 0.1) is 0 Å². The van der Waals surface area contributed by atoms with E-state index in [0.29, 0.717) is 29.6 Å². The topological polar surface area (TPSA) is 46.2 Å². The molecule has 8 unspecified atom stereocenters. The van der Waals surface area contributed by atoms with Crippen molar-refractivity contribution >= 4 is 11.7 Å². The highest BCUT2D eigenvalue weighted by atomic mass is 16.2. The van der Waals surface area contributed by atoms with E-state index in [9.17, 15) is 9.59 Å². The van der Waals surface area contributed by atoms with Crippen molar-refractivity contribution in [2.75, 3.05) is 0 Å². The molecule has 0 saturated heterocycles. The normalized spacial score (nSPS) is 53.0. The van der Waals surface area contributed by atoms with E-state index in [4.69, 9.17) is 0 Å². The van der Waals surface area contributed by atoms with Crippen LogP contribution in [0.25, 0.3) is 0 Å². The number of amides is 1. The molecular formula is C26H41NO2. The smallest absolute Gasteiger partial charge is 0.222 e. The number of hydrogen-bond acceptors (Lipinski definition) is 2. The second-order valence-electron chi connectivity index (χ2n) is 12.2. The van der Waals surface area contributed by atoms with E-state index in [-0.39, 0.29) is 28.1 Å². The van der Waals surface area contributed by atoms with E-state index in [1.807, 2.05) is 13.8 Å². The molecule has 1 N–H and O–H groups in total. The number of carbonyl (C=O) groups excluding carboxylic acids is 2. The van der Waals surface area contributed by atoms with Gasteiger partial charge in [0, 0.05) is 23.8 Å². The predicted octanol–water partition coefficient (Wildman–Crippen LogP) is 5.38. The molecule has 2 spiro atoms. The first kappa shape index (κ1) is 20.1. The molecule has 5 rings (SSSR count). The van der Waals surface area contributed by atoms with Crippen LogP contribution in [0.1, 0.15) is 92.4 Å². The van der Waals surface area contributed by atoms with Crippen LogP contribution in [0, 0.1) is 51.8 Å².